The SMILES string of the molecule is O=C(O)c1cccc(S(=O)(=O)Nc2ccccc2C(=O)NC[C@H]2CCCO2)c1. The second kappa shape index (κ2) is 8.41. The predicted molar refractivity (Wildman–Crippen MR) is 102 cm³/mol. The molecule has 28 heavy (non-hydrogen) atoms. The molecule has 2 aromatic rings. The van der Waals surface area contributed by atoms with E-state index >= 15 is 0 Å². The molecule has 0 saturated carbocycles. The number of nitrogens with one attached hydrogen (secondary N) is 2. The summed E-state index contributed by atoms with van der Waals surface area (Å²) in [5.74, 6) is -1.65. The Labute approximate surface area is 162 Å². The van der Waals surface area contributed by atoms with E-state index in [0.29, 0.717) is 13.2 Å². The van der Waals surface area contributed by atoms with Crippen LogP contribution < -0.4 is 10.0 Å². The van der Waals surface area contributed by atoms with E-state index in [1.54, 1.807) is 12.1 Å². The molecule has 1 atom stereocenters. The number of ether oxygens (including phenoxy) is 1. The average Bonchev–Trinajstić information content (AvgIpc) is 3.20. The number of benzene rings is 2. The Hall–Kier alpha value is -2.91. The molecule has 1 aliphatic rings. The highest BCUT2D eigenvalue weighted by molar-refractivity contribution is 7.92. The summed E-state index contributed by atoms with van der Waals surface area (Å²) in [6.07, 6.45) is 1.78. The van der Waals surface area contributed by atoms with E-state index in [2.05, 4.69) is 10.0 Å². The van der Waals surface area contributed by atoms with Gasteiger partial charge in [-0.2, -0.15) is 0 Å². The fourth-order valence-corrected chi connectivity index (χ4v) is 4.00. The fraction of sp³-hybridized carbons (Fsp3) is 0.263. The van der Waals surface area contributed by atoms with Crippen LogP contribution in [0.4, 0.5) is 5.69 Å². The standard InChI is InChI=1S/C19H20N2O6S/c22-18(20-12-14-6-4-10-27-14)16-8-1-2-9-17(16)21-28(25,26)15-7-3-5-13(11-15)19(23)24/h1-3,5,7-9,11,14,21H,4,6,10,12H2,(H,20,22)(H,23,24)/t14-/m1/s1. The highest BCUT2D eigenvalue weighted by atomic mass is 32.2. The number of carboxylic acid groups (broad SMARTS) is 1. The second-order valence-electron chi connectivity index (χ2n) is 6.33. The van der Waals surface area contributed by atoms with Gasteiger partial charge in [-0.1, -0.05) is 18.2 Å². The number of carboxylic acids is 1. The molecule has 1 amide bonds. The van der Waals surface area contributed by atoms with Gasteiger partial charge in [0.05, 0.1) is 27.8 Å². The maximum Gasteiger partial charge on any atom is 0.335 e. The van der Waals surface area contributed by atoms with Gasteiger partial charge in [-0.3, -0.25) is 9.52 Å². The molecule has 0 aromatic heterocycles. The Morgan fingerprint density at radius 3 is 2.64 bits per heavy atom. The fourth-order valence-electron chi connectivity index (χ4n) is 2.88. The average molecular weight is 404 g/mol. The molecule has 3 N–H and O–H groups in total. The third kappa shape index (κ3) is 4.68. The topological polar surface area (TPSA) is 122 Å². The molecule has 1 saturated heterocycles. The van der Waals surface area contributed by atoms with Crippen LogP contribution in [0.15, 0.2) is 53.4 Å². The van der Waals surface area contributed by atoms with E-state index in [1.807, 2.05) is 0 Å². The first-order valence-corrected chi connectivity index (χ1v) is 10.2. The lowest BCUT2D eigenvalue weighted by Crippen LogP contribution is -2.32. The number of para-hydroxylation sites is 1. The van der Waals surface area contributed by atoms with Crippen molar-refractivity contribution < 1.29 is 27.9 Å². The zero-order chi connectivity index (χ0) is 20.1. The van der Waals surface area contributed by atoms with E-state index in [-0.39, 0.29) is 27.8 Å². The molecule has 2 aromatic carbocycles. The van der Waals surface area contributed by atoms with Crippen LogP contribution in [0.5, 0.6) is 0 Å². The Balaban J connectivity index is 1.79. The van der Waals surface area contributed by atoms with Crippen LogP contribution in [0, 0.1) is 0 Å². The first-order valence-electron chi connectivity index (χ1n) is 8.72. The van der Waals surface area contributed by atoms with E-state index in [4.69, 9.17) is 9.84 Å². The van der Waals surface area contributed by atoms with Crippen molar-refractivity contribution in [3.8, 4) is 0 Å². The highest BCUT2D eigenvalue weighted by Gasteiger charge is 2.21. The van der Waals surface area contributed by atoms with Crippen molar-refractivity contribution in [1.82, 2.24) is 5.32 Å². The van der Waals surface area contributed by atoms with Crippen molar-refractivity contribution in [2.24, 2.45) is 0 Å². The van der Waals surface area contributed by atoms with Crippen LogP contribution in [-0.2, 0) is 14.8 Å². The number of aromatic carboxylic acids is 1. The first kappa shape index (κ1) is 19.8. The Bertz CT molecular complexity index is 983. The second-order valence-corrected chi connectivity index (χ2v) is 8.01. The van der Waals surface area contributed by atoms with Crippen LogP contribution in [0.2, 0.25) is 0 Å². The van der Waals surface area contributed by atoms with Crippen molar-refractivity contribution >= 4 is 27.6 Å². The molecule has 0 unspecified atom stereocenters. The molecular formula is C19H20N2O6S. The van der Waals surface area contributed by atoms with E-state index in [9.17, 15) is 18.0 Å². The summed E-state index contributed by atoms with van der Waals surface area (Å²) in [4.78, 5) is 23.4. The van der Waals surface area contributed by atoms with Gasteiger partial charge >= 0.3 is 5.97 Å². The van der Waals surface area contributed by atoms with Crippen LogP contribution in [-0.4, -0.2) is 44.7 Å². The normalized spacial score (nSPS) is 16.5. The third-order valence-corrected chi connectivity index (χ3v) is 5.68. The summed E-state index contributed by atoms with van der Waals surface area (Å²) >= 11 is 0. The molecule has 1 fully saturated rings. The number of rotatable bonds is 7. The minimum Gasteiger partial charge on any atom is -0.478 e. The summed E-state index contributed by atoms with van der Waals surface area (Å²) in [6, 6.07) is 11.2. The molecule has 8 nitrogen and oxygen atoms in total. The lowest BCUT2D eigenvalue weighted by molar-refractivity contribution is 0.0696. The van der Waals surface area contributed by atoms with E-state index < -0.39 is 21.9 Å². The number of sulfonamides is 1. The molecule has 0 aliphatic carbocycles. The number of carbonyl (C=O) groups excluding carboxylic acids is 1. The van der Waals surface area contributed by atoms with Gasteiger partial charge in [0.1, 0.15) is 0 Å². The minimum atomic E-state index is -4.07. The van der Waals surface area contributed by atoms with Gasteiger partial charge in [-0.15, -0.1) is 0 Å². The molecule has 0 radical (unpaired) electrons. The molecule has 0 spiro atoms. The Morgan fingerprint density at radius 2 is 1.93 bits per heavy atom. The van der Waals surface area contributed by atoms with Gasteiger partial charge in [-0.25, -0.2) is 13.2 Å². The van der Waals surface area contributed by atoms with Crippen LogP contribution in [0.3, 0.4) is 0 Å². The summed E-state index contributed by atoms with van der Waals surface area (Å²) < 4.78 is 33.2. The van der Waals surface area contributed by atoms with Crippen molar-refractivity contribution in [1.29, 1.82) is 0 Å². The van der Waals surface area contributed by atoms with Crippen molar-refractivity contribution in [3.63, 3.8) is 0 Å². The Kier molecular flexibility index (Phi) is 5.96. The van der Waals surface area contributed by atoms with Gasteiger partial charge in [-0.05, 0) is 43.2 Å². The predicted octanol–water partition coefficient (Wildman–Crippen LogP) is 2.09. The van der Waals surface area contributed by atoms with Crippen LogP contribution in [0.25, 0.3) is 0 Å². The monoisotopic (exact) mass is 404 g/mol. The molecule has 1 aliphatic heterocycles. The Morgan fingerprint density at radius 1 is 1.14 bits per heavy atom. The lowest BCUT2D eigenvalue weighted by Gasteiger charge is -2.14. The van der Waals surface area contributed by atoms with Crippen molar-refractivity contribution in [2.45, 2.75) is 23.8 Å². The lowest BCUT2D eigenvalue weighted by atomic mass is 10.1. The molecule has 148 valence electrons. The number of anilines is 1. The van der Waals surface area contributed by atoms with Crippen molar-refractivity contribution in [3.05, 3.63) is 59.7 Å². The number of carbonyl (C=O) groups is 2. The molecular weight excluding hydrogens is 384 g/mol. The maximum atomic E-state index is 12.7. The van der Waals surface area contributed by atoms with Crippen molar-refractivity contribution in [2.75, 3.05) is 17.9 Å². The quantitative estimate of drug-likeness (QED) is 0.650. The largest absolute Gasteiger partial charge is 0.478 e. The van der Waals surface area contributed by atoms with Gasteiger partial charge in [0.15, 0.2) is 0 Å². The van der Waals surface area contributed by atoms with E-state index in [1.165, 1.54) is 30.3 Å². The number of amides is 1. The maximum absolute atomic E-state index is 12.7. The first-order chi connectivity index (χ1) is 13.4. The summed E-state index contributed by atoms with van der Waals surface area (Å²) in [5.41, 5.74) is 0.122. The van der Waals surface area contributed by atoms with Gasteiger partial charge in [0.2, 0.25) is 0 Å². The van der Waals surface area contributed by atoms with Crippen LogP contribution >= 0.6 is 0 Å². The van der Waals surface area contributed by atoms with Crippen LogP contribution in [0.1, 0.15) is 33.6 Å². The molecule has 9 heteroatoms. The zero-order valence-electron chi connectivity index (χ0n) is 14.9. The smallest absolute Gasteiger partial charge is 0.335 e. The number of hydrogen-bond donors (Lipinski definition) is 3. The third-order valence-electron chi connectivity index (χ3n) is 4.32. The van der Waals surface area contributed by atoms with Gasteiger partial charge in [0, 0.05) is 13.2 Å². The summed E-state index contributed by atoms with van der Waals surface area (Å²) in [7, 11) is -4.07. The summed E-state index contributed by atoms with van der Waals surface area (Å²) in [6.45, 7) is 1.02. The highest BCUT2D eigenvalue weighted by Crippen LogP contribution is 2.21. The zero-order valence-corrected chi connectivity index (χ0v) is 15.7. The molecule has 0 bridgehead atoms. The van der Waals surface area contributed by atoms with Gasteiger partial charge in [0.25, 0.3) is 15.9 Å². The number of hydrogen-bond acceptors (Lipinski definition) is 5. The minimum absolute atomic E-state index is 0.0356. The summed E-state index contributed by atoms with van der Waals surface area (Å²) in [5, 5.41) is 11.8. The molecule has 1 heterocycles. The van der Waals surface area contributed by atoms with Gasteiger partial charge < -0.3 is 15.2 Å². The van der Waals surface area contributed by atoms with E-state index in [0.717, 1.165) is 18.9 Å². The molecule has 3 rings (SSSR count).